The molecule has 1 aromatic carbocycles. The molecule has 2 aromatic rings. The number of rotatable bonds is 5. The van der Waals surface area contributed by atoms with Crippen LogP contribution in [0, 0.1) is 0 Å². The summed E-state index contributed by atoms with van der Waals surface area (Å²) >= 11 is 0. The SMILES string of the molecule is CN(C)Cc1ccc(N2CCN(c3cccc(C(N)=O)n3)CC2)cc1. The van der Waals surface area contributed by atoms with E-state index in [2.05, 4.69) is 58.0 Å². The minimum Gasteiger partial charge on any atom is -0.368 e. The number of hydrogen-bond donors (Lipinski definition) is 1. The molecule has 1 aliphatic heterocycles. The van der Waals surface area contributed by atoms with Crippen LogP contribution in [-0.4, -0.2) is 56.1 Å². The van der Waals surface area contributed by atoms with Gasteiger partial charge in [0.25, 0.3) is 5.91 Å². The van der Waals surface area contributed by atoms with Crippen LogP contribution < -0.4 is 15.5 Å². The lowest BCUT2D eigenvalue weighted by molar-refractivity contribution is 0.0995. The molecule has 6 heteroatoms. The van der Waals surface area contributed by atoms with E-state index in [0.717, 1.165) is 38.5 Å². The number of nitrogens with zero attached hydrogens (tertiary/aromatic N) is 4. The number of carbonyl (C=O) groups excluding carboxylic acids is 1. The van der Waals surface area contributed by atoms with Gasteiger partial charge in [-0.1, -0.05) is 18.2 Å². The van der Waals surface area contributed by atoms with Gasteiger partial charge in [-0.25, -0.2) is 4.98 Å². The smallest absolute Gasteiger partial charge is 0.267 e. The van der Waals surface area contributed by atoms with Gasteiger partial charge in [-0.3, -0.25) is 4.79 Å². The first-order valence-corrected chi connectivity index (χ1v) is 8.53. The van der Waals surface area contributed by atoms with Crippen molar-refractivity contribution in [1.82, 2.24) is 9.88 Å². The van der Waals surface area contributed by atoms with Crippen LogP contribution >= 0.6 is 0 Å². The van der Waals surface area contributed by atoms with E-state index in [4.69, 9.17) is 5.73 Å². The van der Waals surface area contributed by atoms with Crippen LogP contribution in [0.4, 0.5) is 11.5 Å². The summed E-state index contributed by atoms with van der Waals surface area (Å²) in [5.41, 5.74) is 8.21. The van der Waals surface area contributed by atoms with Crippen molar-refractivity contribution in [2.75, 3.05) is 50.1 Å². The monoisotopic (exact) mass is 339 g/mol. The highest BCUT2D eigenvalue weighted by Crippen LogP contribution is 2.20. The fraction of sp³-hybridized carbons (Fsp3) is 0.368. The van der Waals surface area contributed by atoms with E-state index >= 15 is 0 Å². The van der Waals surface area contributed by atoms with Crippen molar-refractivity contribution in [1.29, 1.82) is 0 Å². The second-order valence-corrected chi connectivity index (χ2v) is 6.62. The first-order chi connectivity index (χ1) is 12.0. The zero-order chi connectivity index (χ0) is 17.8. The molecule has 0 aliphatic carbocycles. The molecular formula is C19H25N5O. The first kappa shape index (κ1) is 17.2. The Morgan fingerprint density at radius 3 is 2.28 bits per heavy atom. The molecule has 1 aromatic heterocycles. The van der Waals surface area contributed by atoms with Gasteiger partial charge in [0.05, 0.1) is 0 Å². The Balaban J connectivity index is 1.62. The van der Waals surface area contributed by atoms with Crippen LogP contribution in [0.25, 0.3) is 0 Å². The second kappa shape index (κ2) is 7.53. The van der Waals surface area contributed by atoms with Gasteiger partial charge in [-0.2, -0.15) is 0 Å². The summed E-state index contributed by atoms with van der Waals surface area (Å²) in [6.45, 7) is 4.55. The number of amides is 1. The number of piperazine rings is 1. The predicted octanol–water partition coefficient (Wildman–Crippen LogP) is 1.57. The second-order valence-electron chi connectivity index (χ2n) is 6.62. The van der Waals surface area contributed by atoms with Crippen LogP contribution in [0.5, 0.6) is 0 Å². The summed E-state index contributed by atoms with van der Waals surface area (Å²) in [6.07, 6.45) is 0. The Labute approximate surface area is 148 Å². The van der Waals surface area contributed by atoms with Crippen LogP contribution in [-0.2, 0) is 6.54 Å². The minimum atomic E-state index is -0.488. The van der Waals surface area contributed by atoms with E-state index in [9.17, 15) is 4.79 Å². The molecule has 1 fully saturated rings. The maximum atomic E-state index is 11.3. The van der Waals surface area contributed by atoms with Crippen LogP contribution in [0.1, 0.15) is 16.1 Å². The number of nitrogens with two attached hydrogens (primary N) is 1. The van der Waals surface area contributed by atoms with Crippen molar-refractivity contribution in [3.63, 3.8) is 0 Å². The largest absolute Gasteiger partial charge is 0.368 e. The molecule has 2 heterocycles. The molecule has 1 saturated heterocycles. The molecule has 0 saturated carbocycles. The summed E-state index contributed by atoms with van der Waals surface area (Å²) in [7, 11) is 4.16. The zero-order valence-electron chi connectivity index (χ0n) is 14.9. The number of aromatic nitrogens is 1. The Morgan fingerprint density at radius 2 is 1.68 bits per heavy atom. The van der Waals surface area contributed by atoms with Gasteiger partial charge >= 0.3 is 0 Å². The van der Waals surface area contributed by atoms with Gasteiger partial charge < -0.3 is 20.4 Å². The molecule has 0 spiro atoms. The third-order valence-electron chi connectivity index (χ3n) is 4.39. The summed E-state index contributed by atoms with van der Waals surface area (Å²) in [4.78, 5) is 22.4. The standard InChI is InChI=1S/C19H25N5O/c1-22(2)14-15-6-8-16(9-7-15)23-10-12-24(13-11-23)18-5-3-4-17(21-18)19(20)25/h3-9H,10-14H2,1-2H3,(H2,20,25). The van der Waals surface area contributed by atoms with Gasteiger partial charge in [0.15, 0.2) is 0 Å². The van der Waals surface area contributed by atoms with Crippen LogP contribution in [0.2, 0.25) is 0 Å². The Morgan fingerprint density at radius 1 is 1.04 bits per heavy atom. The quantitative estimate of drug-likeness (QED) is 0.896. The Bertz CT molecular complexity index is 721. The molecule has 3 rings (SSSR count). The van der Waals surface area contributed by atoms with E-state index < -0.39 is 5.91 Å². The average Bonchev–Trinajstić information content (AvgIpc) is 2.62. The lowest BCUT2D eigenvalue weighted by Crippen LogP contribution is -2.47. The predicted molar refractivity (Wildman–Crippen MR) is 101 cm³/mol. The molecule has 0 atom stereocenters. The summed E-state index contributed by atoms with van der Waals surface area (Å²) in [5, 5.41) is 0. The summed E-state index contributed by atoms with van der Waals surface area (Å²) in [6, 6.07) is 14.2. The third kappa shape index (κ3) is 4.28. The number of benzene rings is 1. The van der Waals surface area contributed by atoms with Crippen molar-refractivity contribution in [2.24, 2.45) is 5.73 Å². The van der Waals surface area contributed by atoms with E-state index in [1.165, 1.54) is 11.3 Å². The number of pyridine rings is 1. The molecule has 6 nitrogen and oxygen atoms in total. The van der Waals surface area contributed by atoms with Crippen molar-refractivity contribution < 1.29 is 4.79 Å². The van der Waals surface area contributed by atoms with Gasteiger partial charge in [0.1, 0.15) is 11.5 Å². The Hall–Kier alpha value is -2.60. The Kier molecular flexibility index (Phi) is 5.19. The average molecular weight is 339 g/mol. The molecule has 0 bridgehead atoms. The number of carbonyl (C=O) groups is 1. The molecule has 1 amide bonds. The van der Waals surface area contributed by atoms with Crippen molar-refractivity contribution in [3.8, 4) is 0 Å². The normalized spacial score (nSPS) is 14.8. The molecule has 132 valence electrons. The third-order valence-corrected chi connectivity index (χ3v) is 4.39. The fourth-order valence-electron chi connectivity index (χ4n) is 3.11. The van der Waals surface area contributed by atoms with E-state index in [1.807, 2.05) is 12.1 Å². The summed E-state index contributed by atoms with van der Waals surface area (Å²) in [5.74, 6) is 0.329. The fourth-order valence-corrected chi connectivity index (χ4v) is 3.11. The van der Waals surface area contributed by atoms with E-state index in [0.29, 0.717) is 5.69 Å². The lowest BCUT2D eigenvalue weighted by atomic mass is 10.1. The molecular weight excluding hydrogens is 314 g/mol. The highest BCUT2D eigenvalue weighted by Gasteiger charge is 2.19. The highest BCUT2D eigenvalue weighted by molar-refractivity contribution is 5.91. The molecule has 25 heavy (non-hydrogen) atoms. The topological polar surface area (TPSA) is 65.7 Å². The van der Waals surface area contributed by atoms with Gasteiger partial charge in [-0.15, -0.1) is 0 Å². The number of hydrogen-bond acceptors (Lipinski definition) is 5. The van der Waals surface area contributed by atoms with Crippen molar-refractivity contribution in [2.45, 2.75) is 6.54 Å². The number of anilines is 2. The van der Waals surface area contributed by atoms with Crippen LogP contribution in [0.3, 0.4) is 0 Å². The maximum Gasteiger partial charge on any atom is 0.267 e. The lowest BCUT2D eigenvalue weighted by Gasteiger charge is -2.36. The van der Waals surface area contributed by atoms with Gasteiger partial charge in [-0.05, 0) is 43.9 Å². The molecule has 0 radical (unpaired) electrons. The molecule has 1 aliphatic rings. The summed E-state index contributed by atoms with van der Waals surface area (Å²) < 4.78 is 0. The van der Waals surface area contributed by atoms with Crippen molar-refractivity contribution in [3.05, 3.63) is 53.7 Å². The van der Waals surface area contributed by atoms with Crippen LogP contribution in [0.15, 0.2) is 42.5 Å². The maximum absolute atomic E-state index is 11.3. The van der Waals surface area contributed by atoms with E-state index in [1.54, 1.807) is 6.07 Å². The number of primary amides is 1. The van der Waals surface area contributed by atoms with E-state index in [-0.39, 0.29) is 0 Å². The zero-order valence-corrected chi connectivity index (χ0v) is 14.9. The highest BCUT2D eigenvalue weighted by atomic mass is 16.1. The molecule has 0 unspecified atom stereocenters. The first-order valence-electron chi connectivity index (χ1n) is 8.53. The van der Waals surface area contributed by atoms with Gasteiger partial charge in [0, 0.05) is 38.4 Å². The minimum absolute atomic E-state index is 0.316. The van der Waals surface area contributed by atoms with Gasteiger partial charge in [0.2, 0.25) is 0 Å². The molecule has 2 N–H and O–H groups in total. The van der Waals surface area contributed by atoms with Crippen molar-refractivity contribution >= 4 is 17.4 Å².